The summed E-state index contributed by atoms with van der Waals surface area (Å²) in [6.07, 6.45) is 1.97. The number of nitrogens with one attached hydrogen (secondary N) is 2. The molecule has 0 saturated carbocycles. The number of amides is 2. The third-order valence-corrected chi connectivity index (χ3v) is 6.38. The summed E-state index contributed by atoms with van der Waals surface area (Å²) in [5.74, 6) is -0.321. The van der Waals surface area contributed by atoms with Gasteiger partial charge in [-0.15, -0.1) is 11.3 Å². The van der Waals surface area contributed by atoms with Gasteiger partial charge in [0.25, 0.3) is 11.8 Å². The number of aryl methyl sites for hydroxylation is 1. The Kier molecular flexibility index (Phi) is 8.86. The highest BCUT2D eigenvalue weighted by atomic mass is 32.1. The second kappa shape index (κ2) is 11.1. The molecule has 6 heteroatoms. The van der Waals surface area contributed by atoms with Crippen LogP contribution < -0.4 is 10.6 Å². The van der Waals surface area contributed by atoms with Crippen molar-refractivity contribution >= 4 is 28.2 Å². The van der Waals surface area contributed by atoms with Gasteiger partial charge in [-0.05, 0) is 70.9 Å². The Morgan fingerprint density at radius 1 is 1.07 bits per heavy atom. The quantitative estimate of drug-likeness (QED) is 0.583. The molecule has 0 aliphatic rings. The second-order valence-electron chi connectivity index (χ2n) is 7.35. The summed E-state index contributed by atoms with van der Waals surface area (Å²) in [6, 6.07) is 9.13. The molecule has 0 saturated heterocycles. The van der Waals surface area contributed by atoms with E-state index in [0.717, 1.165) is 42.9 Å². The zero-order valence-electron chi connectivity index (χ0n) is 18.2. The normalized spacial score (nSPS) is 12.1. The van der Waals surface area contributed by atoms with E-state index in [-0.39, 0.29) is 17.9 Å². The van der Waals surface area contributed by atoms with Gasteiger partial charge in [-0.3, -0.25) is 9.59 Å². The summed E-state index contributed by atoms with van der Waals surface area (Å²) < 4.78 is 0. The van der Waals surface area contributed by atoms with Crippen molar-refractivity contribution in [3.63, 3.8) is 0 Å². The fourth-order valence-corrected chi connectivity index (χ4v) is 4.34. The van der Waals surface area contributed by atoms with Gasteiger partial charge in [0, 0.05) is 16.5 Å². The van der Waals surface area contributed by atoms with Crippen molar-refractivity contribution in [2.75, 3.05) is 25.0 Å². The summed E-state index contributed by atoms with van der Waals surface area (Å²) in [6.45, 7) is 13.4. The van der Waals surface area contributed by atoms with Gasteiger partial charge >= 0.3 is 0 Å². The molecule has 5 nitrogen and oxygen atoms in total. The molecule has 1 heterocycles. The number of rotatable bonds is 10. The van der Waals surface area contributed by atoms with Crippen LogP contribution in [-0.2, 0) is 0 Å². The maximum atomic E-state index is 13.0. The van der Waals surface area contributed by atoms with Gasteiger partial charge < -0.3 is 15.5 Å². The predicted molar refractivity (Wildman–Crippen MR) is 122 cm³/mol. The Bertz CT molecular complexity index is 813. The maximum absolute atomic E-state index is 13.0. The van der Waals surface area contributed by atoms with Crippen LogP contribution in [0.25, 0.3) is 0 Å². The molecule has 0 aliphatic heterocycles. The Labute approximate surface area is 178 Å². The minimum absolute atomic E-state index is 0.0790. The lowest BCUT2D eigenvalue weighted by Crippen LogP contribution is -2.34. The second-order valence-corrected chi connectivity index (χ2v) is 8.58. The lowest BCUT2D eigenvalue weighted by atomic mass is 10.1. The van der Waals surface area contributed by atoms with Crippen LogP contribution in [0.3, 0.4) is 0 Å². The fraction of sp³-hybridized carbons (Fsp3) is 0.478. The van der Waals surface area contributed by atoms with Crippen molar-refractivity contribution in [3.05, 3.63) is 51.9 Å². The third kappa shape index (κ3) is 6.41. The Morgan fingerprint density at radius 3 is 2.34 bits per heavy atom. The first kappa shape index (κ1) is 23.1. The molecule has 158 valence electrons. The van der Waals surface area contributed by atoms with E-state index in [1.807, 2.05) is 39.0 Å². The summed E-state index contributed by atoms with van der Waals surface area (Å²) >= 11 is 1.45. The minimum Gasteiger partial charge on any atom is -0.349 e. The molecule has 0 radical (unpaired) electrons. The molecule has 1 aromatic carbocycles. The lowest BCUT2D eigenvalue weighted by molar-refractivity contribution is 0.0938. The zero-order valence-corrected chi connectivity index (χ0v) is 19.0. The average molecular weight is 416 g/mol. The number of hydrogen-bond donors (Lipinski definition) is 2. The molecule has 2 amide bonds. The van der Waals surface area contributed by atoms with E-state index < -0.39 is 0 Å². The molecule has 2 N–H and O–H groups in total. The largest absolute Gasteiger partial charge is 0.349 e. The number of hydrogen-bond acceptors (Lipinski definition) is 4. The van der Waals surface area contributed by atoms with E-state index in [0.29, 0.717) is 16.1 Å². The van der Waals surface area contributed by atoms with Crippen molar-refractivity contribution in [3.8, 4) is 0 Å². The van der Waals surface area contributed by atoms with Gasteiger partial charge in [-0.1, -0.05) is 32.0 Å². The summed E-state index contributed by atoms with van der Waals surface area (Å²) in [5.41, 5.74) is 2.07. The van der Waals surface area contributed by atoms with Gasteiger partial charge in [-0.25, -0.2) is 0 Å². The van der Waals surface area contributed by atoms with Crippen LogP contribution >= 0.6 is 11.3 Å². The average Bonchev–Trinajstić information content (AvgIpc) is 2.99. The fourth-order valence-electron chi connectivity index (χ4n) is 3.28. The summed E-state index contributed by atoms with van der Waals surface area (Å²) in [4.78, 5) is 28.9. The van der Waals surface area contributed by atoms with Crippen LogP contribution in [0, 0.1) is 13.8 Å². The number of carbonyl (C=O) groups excluding carboxylic acids is 2. The molecule has 2 rings (SSSR count). The van der Waals surface area contributed by atoms with Crippen LogP contribution in [0.1, 0.15) is 64.8 Å². The van der Waals surface area contributed by atoms with Crippen molar-refractivity contribution in [2.45, 2.75) is 53.5 Å². The topological polar surface area (TPSA) is 61.4 Å². The molecule has 0 aliphatic carbocycles. The highest BCUT2D eigenvalue weighted by Gasteiger charge is 2.22. The van der Waals surface area contributed by atoms with E-state index in [9.17, 15) is 9.59 Å². The number of nitrogens with zero attached hydrogens (tertiary/aromatic N) is 1. The number of carbonyl (C=O) groups is 2. The number of benzene rings is 1. The van der Waals surface area contributed by atoms with E-state index in [1.54, 1.807) is 12.1 Å². The van der Waals surface area contributed by atoms with Crippen LogP contribution in [0.15, 0.2) is 30.3 Å². The van der Waals surface area contributed by atoms with Crippen LogP contribution in [-0.4, -0.2) is 42.4 Å². The molecule has 1 atom stereocenters. The van der Waals surface area contributed by atoms with Gasteiger partial charge in [0.1, 0.15) is 5.00 Å². The smallest absolute Gasteiger partial charge is 0.256 e. The van der Waals surface area contributed by atoms with Crippen LogP contribution in [0.4, 0.5) is 5.00 Å². The minimum atomic E-state index is -0.201. The SMILES string of the molecule is CCN(CC)CCCC(C)NC(=O)c1c(NC(=O)c2ccccc2)sc(C)c1C. The van der Waals surface area contributed by atoms with E-state index in [1.165, 1.54) is 11.3 Å². The highest BCUT2D eigenvalue weighted by molar-refractivity contribution is 7.16. The molecule has 1 unspecified atom stereocenters. The number of thiophene rings is 1. The molecular formula is C23H33N3O2S. The van der Waals surface area contributed by atoms with Crippen molar-refractivity contribution < 1.29 is 9.59 Å². The molecule has 2 aromatic rings. The standard InChI is InChI=1S/C23H33N3O2S/c1-6-26(7-2)15-11-12-16(3)24-22(28)20-17(4)18(5)29-23(20)25-21(27)19-13-9-8-10-14-19/h8-10,13-14,16H,6-7,11-12,15H2,1-5H3,(H,24,28)(H,25,27). The van der Waals surface area contributed by atoms with Gasteiger partial charge in [0.2, 0.25) is 0 Å². The lowest BCUT2D eigenvalue weighted by Gasteiger charge is -2.20. The molecule has 0 bridgehead atoms. The summed E-state index contributed by atoms with van der Waals surface area (Å²) in [5, 5.41) is 6.65. The van der Waals surface area contributed by atoms with Gasteiger partial charge in [0.05, 0.1) is 5.56 Å². The first-order valence-electron chi connectivity index (χ1n) is 10.4. The van der Waals surface area contributed by atoms with Crippen LogP contribution in [0.2, 0.25) is 0 Å². The van der Waals surface area contributed by atoms with Gasteiger partial charge in [-0.2, -0.15) is 0 Å². The Balaban J connectivity index is 2.03. The van der Waals surface area contributed by atoms with Crippen LogP contribution in [0.5, 0.6) is 0 Å². The maximum Gasteiger partial charge on any atom is 0.256 e. The van der Waals surface area contributed by atoms with Crippen molar-refractivity contribution in [1.82, 2.24) is 10.2 Å². The van der Waals surface area contributed by atoms with E-state index >= 15 is 0 Å². The molecule has 1 aromatic heterocycles. The molecular weight excluding hydrogens is 382 g/mol. The van der Waals surface area contributed by atoms with Gasteiger partial charge in [0.15, 0.2) is 0 Å². The third-order valence-electron chi connectivity index (χ3n) is 5.26. The molecule has 0 spiro atoms. The monoisotopic (exact) mass is 415 g/mol. The van der Waals surface area contributed by atoms with Crippen molar-refractivity contribution in [1.29, 1.82) is 0 Å². The van der Waals surface area contributed by atoms with E-state index in [4.69, 9.17) is 0 Å². The molecule has 29 heavy (non-hydrogen) atoms. The Hall–Kier alpha value is -2.18. The first-order chi connectivity index (χ1) is 13.9. The van der Waals surface area contributed by atoms with Crippen molar-refractivity contribution in [2.24, 2.45) is 0 Å². The Morgan fingerprint density at radius 2 is 1.72 bits per heavy atom. The first-order valence-corrected chi connectivity index (χ1v) is 11.2. The summed E-state index contributed by atoms with van der Waals surface area (Å²) in [7, 11) is 0. The number of anilines is 1. The predicted octanol–water partition coefficient (Wildman–Crippen LogP) is 4.86. The van der Waals surface area contributed by atoms with E-state index in [2.05, 4.69) is 29.4 Å². The zero-order chi connectivity index (χ0) is 21.4. The molecule has 0 fully saturated rings. The highest BCUT2D eigenvalue weighted by Crippen LogP contribution is 2.32.